The van der Waals surface area contributed by atoms with Crippen LogP contribution in [-0.2, 0) is 14.3 Å². The lowest BCUT2D eigenvalue weighted by molar-refractivity contribution is -0.124. The topological polar surface area (TPSA) is 59.6 Å². The molecule has 2 heterocycles. The Morgan fingerprint density at radius 1 is 1.56 bits per heavy atom. The molecule has 0 saturated carbocycles. The Morgan fingerprint density at radius 3 is 3.06 bits per heavy atom. The molecule has 2 saturated heterocycles. The van der Waals surface area contributed by atoms with Crippen molar-refractivity contribution in [1.29, 1.82) is 0 Å². The van der Waals surface area contributed by atoms with Gasteiger partial charge in [-0.2, -0.15) is 0 Å². The van der Waals surface area contributed by atoms with E-state index in [0.717, 1.165) is 32.4 Å². The van der Waals surface area contributed by atoms with Gasteiger partial charge in [0.25, 0.3) is 0 Å². The Bertz CT molecular complexity index is 241. The first kappa shape index (κ1) is 11.8. The highest BCUT2D eigenvalue weighted by Crippen LogP contribution is 2.11. The number of carbonyl (C=O) groups is 1. The van der Waals surface area contributed by atoms with E-state index in [9.17, 15) is 4.79 Å². The normalized spacial score (nSPS) is 34.9. The van der Waals surface area contributed by atoms with Crippen LogP contribution in [0.2, 0.25) is 0 Å². The third-order valence-electron chi connectivity index (χ3n) is 3.25. The van der Waals surface area contributed by atoms with Crippen LogP contribution in [0.15, 0.2) is 0 Å². The van der Waals surface area contributed by atoms with Crippen LogP contribution in [0.4, 0.5) is 0 Å². The molecule has 0 aromatic heterocycles. The van der Waals surface area contributed by atoms with Gasteiger partial charge >= 0.3 is 0 Å². The summed E-state index contributed by atoms with van der Waals surface area (Å²) in [4.78, 5) is 11.9. The minimum Gasteiger partial charge on any atom is -0.380 e. The monoisotopic (exact) mass is 228 g/mol. The summed E-state index contributed by atoms with van der Waals surface area (Å²) >= 11 is 0. The third kappa shape index (κ3) is 2.93. The van der Waals surface area contributed by atoms with Crippen molar-refractivity contribution in [3.8, 4) is 0 Å². The summed E-state index contributed by atoms with van der Waals surface area (Å²) in [6.07, 6.45) is 2.98. The number of carbonyl (C=O) groups excluding carboxylic acids is 1. The summed E-state index contributed by atoms with van der Waals surface area (Å²) in [5.41, 5.74) is 0. The predicted octanol–water partition coefficient (Wildman–Crippen LogP) is -0.341. The van der Waals surface area contributed by atoms with Gasteiger partial charge in [0, 0.05) is 20.3 Å². The molecule has 5 heteroatoms. The van der Waals surface area contributed by atoms with Gasteiger partial charge in [0.2, 0.25) is 5.91 Å². The molecule has 2 N–H and O–H groups in total. The summed E-state index contributed by atoms with van der Waals surface area (Å²) < 4.78 is 10.5. The highest BCUT2D eigenvalue weighted by molar-refractivity contribution is 5.82. The van der Waals surface area contributed by atoms with Crippen LogP contribution >= 0.6 is 0 Å². The number of nitrogens with one attached hydrogen (secondary N) is 2. The molecule has 0 aromatic rings. The van der Waals surface area contributed by atoms with Gasteiger partial charge in [-0.15, -0.1) is 0 Å². The molecular formula is C11H20N2O3. The van der Waals surface area contributed by atoms with Gasteiger partial charge in [0.05, 0.1) is 24.8 Å². The highest BCUT2D eigenvalue weighted by atomic mass is 16.5. The molecule has 92 valence electrons. The molecule has 0 bridgehead atoms. The second-order valence-electron chi connectivity index (χ2n) is 4.48. The molecule has 3 atom stereocenters. The average molecular weight is 228 g/mol. The smallest absolute Gasteiger partial charge is 0.237 e. The van der Waals surface area contributed by atoms with Gasteiger partial charge in [0.15, 0.2) is 0 Å². The average Bonchev–Trinajstić information content (AvgIpc) is 2.79. The van der Waals surface area contributed by atoms with E-state index >= 15 is 0 Å². The second kappa shape index (κ2) is 5.61. The molecular weight excluding hydrogens is 208 g/mol. The largest absolute Gasteiger partial charge is 0.380 e. The van der Waals surface area contributed by atoms with E-state index in [4.69, 9.17) is 9.47 Å². The number of ether oxygens (including phenoxy) is 2. The van der Waals surface area contributed by atoms with Crippen molar-refractivity contribution < 1.29 is 14.3 Å². The standard InChI is InChI=1S/C11H20N2O3/c1-15-9-5-10(12-6-9)11(14)13-8-3-2-4-16-7-8/h8-10,12H,2-7H2,1H3,(H,13,14). The number of hydrogen-bond acceptors (Lipinski definition) is 4. The van der Waals surface area contributed by atoms with Crippen molar-refractivity contribution in [3.63, 3.8) is 0 Å². The van der Waals surface area contributed by atoms with E-state index < -0.39 is 0 Å². The van der Waals surface area contributed by atoms with Crippen molar-refractivity contribution in [2.45, 2.75) is 37.5 Å². The maximum Gasteiger partial charge on any atom is 0.237 e. The minimum atomic E-state index is -0.105. The molecule has 0 aromatic carbocycles. The SMILES string of the molecule is COC1CNC(C(=O)NC2CCCOC2)C1. The summed E-state index contributed by atoms with van der Waals surface area (Å²) in [5.74, 6) is 0.0788. The van der Waals surface area contributed by atoms with Crippen LogP contribution in [0.1, 0.15) is 19.3 Å². The zero-order valence-electron chi connectivity index (χ0n) is 9.70. The first-order chi connectivity index (χ1) is 7.79. The Balaban J connectivity index is 1.75. The first-order valence-electron chi connectivity index (χ1n) is 5.94. The predicted molar refractivity (Wildman–Crippen MR) is 59.2 cm³/mol. The quantitative estimate of drug-likeness (QED) is 0.694. The minimum absolute atomic E-state index is 0.0788. The van der Waals surface area contributed by atoms with E-state index in [-0.39, 0.29) is 24.1 Å². The van der Waals surface area contributed by atoms with Crippen LogP contribution in [0.5, 0.6) is 0 Å². The van der Waals surface area contributed by atoms with Gasteiger partial charge in [-0.05, 0) is 19.3 Å². The zero-order valence-corrected chi connectivity index (χ0v) is 9.70. The van der Waals surface area contributed by atoms with E-state index in [2.05, 4.69) is 10.6 Å². The highest BCUT2D eigenvalue weighted by Gasteiger charge is 2.30. The van der Waals surface area contributed by atoms with Gasteiger partial charge < -0.3 is 20.1 Å². The van der Waals surface area contributed by atoms with Crippen molar-refractivity contribution >= 4 is 5.91 Å². The fraction of sp³-hybridized carbons (Fsp3) is 0.909. The Hall–Kier alpha value is -0.650. The van der Waals surface area contributed by atoms with Gasteiger partial charge in [-0.25, -0.2) is 0 Å². The molecule has 1 amide bonds. The van der Waals surface area contributed by atoms with Gasteiger partial charge in [0.1, 0.15) is 0 Å². The zero-order chi connectivity index (χ0) is 11.4. The van der Waals surface area contributed by atoms with Crippen LogP contribution in [-0.4, -0.2) is 51.0 Å². The second-order valence-corrected chi connectivity index (χ2v) is 4.48. The molecule has 0 radical (unpaired) electrons. The molecule has 0 spiro atoms. The fourth-order valence-electron chi connectivity index (χ4n) is 2.24. The summed E-state index contributed by atoms with van der Waals surface area (Å²) in [7, 11) is 1.68. The Morgan fingerprint density at radius 2 is 2.44 bits per heavy atom. The summed E-state index contributed by atoms with van der Waals surface area (Å²) in [5, 5.41) is 6.19. The van der Waals surface area contributed by atoms with Crippen molar-refractivity contribution in [3.05, 3.63) is 0 Å². The molecule has 2 aliphatic heterocycles. The molecule has 2 aliphatic rings. The Kier molecular flexibility index (Phi) is 4.15. The van der Waals surface area contributed by atoms with Crippen molar-refractivity contribution in [2.75, 3.05) is 26.9 Å². The van der Waals surface area contributed by atoms with Crippen LogP contribution < -0.4 is 10.6 Å². The molecule has 2 fully saturated rings. The lowest BCUT2D eigenvalue weighted by Crippen LogP contribution is -2.47. The Labute approximate surface area is 95.9 Å². The van der Waals surface area contributed by atoms with E-state index in [1.807, 2.05) is 0 Å². The number of amides is 1. The third-order valence-corrected chi connectivity index (χ3v) is 3.25. The number of hydrogen-bond donors (Lipinski definition) is 2. The number of methoxy groups -OCH3 is 1. The lowest BCUT2D eigenvalue weighted by Gasteiger charge is -2.24. The van der Waals surface area contributed by atoms with Gasteiger partial charge in [-0.3, -0.25) is 4.79 Å². The fourth-order valence-corrected chi connectivity index (χ4v) is 2.24. The molecule has 3 unspecified atom stereocenters. The molecule has 16 heavy (non-hydrogen) atoms. The summed E-state index contributed by atoms with van der Waals surface area (Å²) in [6.45, 7) is 2.22. The molecule has 0 aliphatic carbocycles. The van der Waals surface area contributed by atoms with E-state index in [0.29, 0.717) is 6.61 Å². The lowest BCUT2D eigenvalue weighted by atomic mass is 10.1. The maximum atomic E-state index is 11.9. The van der Waals surface area contributed by atoms with Gasteiger partial charge in [-0.1, -0.05) is 0 Å². The van der Waals surface area contributed by atoms with Crippen molar-refractivity contribution in [2.24, 2.45) is 0 Å². The maximum absolute atomic E-state index is 11.9. The summed E-state index contributed by atoms with van der Waals surface area (Å²) in [6, 6.07) is 0.0801. The molecule has 5 nitrogen and oxygen atoms in total. The van der Waals surface area contributed by atoms with Crippen molar-refractivity contribution in [1.82, 2.24) is 10.6 Å². The van der Waals surface area contributed by atoms with Crippen LogP contribution in [0.25, 0.3) is 0 Å². The van der Waals surface area contributed by atoms with E-state index in [1.54, 1.807) is 7.11 Å². The number of rotatable bonds is 3. The first-order valence-corrected chi connectivity index (χ1v) is 5.94. The van der Waals surface area contributed by atoms with Crippen LogP contribution in [0.3, 0.4) is 0 Å². The molecule has 2 rings (SSSR count). The van der Waals surface area contributed by atoms with E-state index in [1.165, 1.54) is 0 Å². The van der Waals surface area contributed by atoms with Crippen LogP contribution in [0, 0.1) is 0 Å².